The van der Waals surface area contributed by atoms with Gasteiger partial charge in [-0.25, -0.2) is 4.79 Å². The summed E-state index contributed by atoms with van der Waals surface area (Å²) >= 11 is 0. The van der Waals surface area contributed by atoms with Crippen molar-refractivity contribution in [2.24, 2.45) is 5.92 Å². The van der Waals surface area contributed by atoms with Crippen LogP contribution in [0.15, 0.2) is 65.1 Å². The fourth-order valence-electron chi connectivity index (χ4n) is 5.00. The van der Waals surface area contributed by atoms with E-state index in [4.69, 9.17) is 14.3 Å². The smallest absolute Gasteiger partial charge is 0.407 e. The van der Waals surface area contributed by atoms with E-state index in [9.17, 15) is 14.4 Å². The fraction of sp³-hybridized carbons (Fsp3) is 0.296. The molecule has 2 amide bonds. The van der Waals surface area contributed by atoms with Gasteiger partial charge in [0.15, 0.2) is 5.76 Å². The van der Waals surface area contributed by atoms with Gasteiger partial charge >= 0.3 is 12.1 Å². The summed E-state index contributed by atoms with van der Waals surface area (Å²) in [6, 6.07) is 19.2. The van der Waals surface area contributed by atoms with Crippen molar-refractivity contribution in [1.29, 1.82) is 0 Å². The second-order valence-electron chi connectivity index (χ2n) is 8.96. The maximum Gasteiger partial charge on any atom is 0.407 e. The number of alkyl carbamates (subject to hydrolysis) is 1. The van der Waals surface area contributed by atoms with Gasteiger partial charge in [0.25, 0.3) is 5.91 Å². The molecule has 1 saturated carbocycles. The first kappa shape index (κ1) is 22.7. The van der Waals surface area contributed by atoms with Crippen molar-refractivity contribution >= 4 is 18.0 Å². The average Bonchev–Trinajstić information content (AvgIpc) is 3.59. The molecule has 2 aliphatic rings. The second-order valence-corrected chi connectivity index (χ2v) is 8.96. The number of carbonyl (C=O) groups is 3. The minimum Gasteiger partial charge on any atom is -0.481 e. The number of fused-ring (bicyclic) bond motifs is 3. The zero-order valence-electron chi connectivity index (χ0n) is 19.0. The number of carbonyl (C=O) groups excluding carboxylic acids is 2. The maximum atomic E-state index is 12.4. The van der Waals surface area contributed by atoms with E-state index in [2.05, 4.69) is 34.9 Å². The summed E-state index contributed by atoms with van der Waals surface area (Å²) in [4.78, 5) is 35.9. The van der Waals surface area contributed by atoms with Crippen LogP contribution in [0.3, 0.4) is 0 Å². The van der Waals surface area contributed by atoms with Crippen molar-refractivity contribution in [3.8, 4) is 11.1 Å². The number of aliphatic carboxylic acids is 1. The molecule has 2 atom stereocenters. The molecule has 5 rings (SSSR count). The summed E-state index contributed by atoms with van der Waals surface area (Å²) < 4.78 is 11.1. The Kier molecular flexibility index (Phi) is 6.27. The van der Waals surface area contributed by atoms with E-state index < -0.39 is 23.9 Å². The van der Waals surface area contributed by atoms with Crippen LogP contribution in [0.2, 0.25) is 0 Å². The quantitative estimate of drug-likeness (QED) is 0.470. The Balaban J connectivity index is 1.12. The molecule has 3 N–H and O–H groups in total. The zero-order chi connectivity index (χ0) is 24.4. The zero-order valence-corrected chi connectivity index (χ0v) is 19.0. The number of rotatable bonds is 7. The summed E-state index contributed by atoms with van der Waals surface area (Å²) in [6.45, 7) is 0.291. The van der Waals surface area contributed by atoms with Crippen molar-refractivity contribution < 1.29 is 28.6 Å². The van der Waals surface area contributed by atoms with Gasteiger partial charge in [-0.2, -0.15) is 0 Å². The van der Waals surface area contributed by atoms with Gasteiger partial charge in [0.2, 0.25) is 0 Å². The van der Waals surface area contributed by atoms with Gasteiger partial charge in [0, 0.05) is 12.0 Å². The van der Waals surface area contributed by atoms with Gasteiger partial charge in [0.05, 0.1) is 12.5 Å². The van der Waals surface area contributed by atoms with E-state index >= 15 is 0 Å². The van der Waals surface area contributed by atoms with Crippen LogP contribution in [-0.4, -0.2) is 35.7 Å². The molecule has 0 aliphatic heterocycles. The molecule has 1 fully saturated rings. The number of carboxylic acids is 1. The molecule has 2 unspecified atom stereocenters. The van der Waals surface area contributed by atoms with E-state index in [0.29, 0.717) is 25.0 Å². The Morgan fingerprint density at radius 1 is 0.943 bits per heavy atom. The van der Waals surface area contributed by atoms with Crippen LogP contribution in [0.4, 0.5) is 4.79 Å². The first-order chi connectivity index (χ1) is 17.0. The summed E-state index contributed by atoms with van der Waals surface area (Å²) in [6.07, 6.45) is 1.02. The van der Waals surface area contributed by atoms with Crippen molar-refractivity contribution in [3.63, 3.8) is 0 Å². The number of hydrogen-bond acceptors (Lipinski definition) is 5. The summed E-state index contributed by atoms with van der Waals surface area (Å²) in [5.74, 6) is -1.14. The highest BCUT2D eigenvalue weighted by Gasteiger charge is 2.31. The fourth-order valence-corrected chi connectivity index (χ4v) is 5.00. The molecule has 3 aromatic rings. The number of hydrogen-bond donors (Lipinski definition) is 3. The highest BCUT2D eigenvalue weighted by molar-refractivity contribution is 5.91. The lowest BCUT2D eigenvalue weighted by molar-refractivity contribution is -0.141. The molecule has 2 aromatic carbocycles. The predicted molar refractivity (Wildman–Crippen MR) is 127 cm³/mol. The van der Waals surface area contributed by atoms with Gasteiger partial charge in [0.1, 0.15) is 12.4 Å². The standard InChI is InChI=1S/C27H26N2O6/c30-25(29-17-10-9-16(13-17)26(31)32)24-12-11-18(35-24)14-28-27(33)34-15-23-21-7-3-1-5-19(21)20-6-2-4-8-22(20)23/h1-8,11-12,16-17,23H,9-10,13-15H2,(H,28,33)(H,29,30)(H,31,32). The monoisotopic (exact) mass is 474 g/mol. The van der Waals surface area contributed by atoms with Crippen molar-refractivity contribution in [3.05, 3.63) is 83.3 Å². The van der Waals surface area contributed by atoms with Crippen LogP contribution in [0.25, 0.3) is 11.1 Å². The van der Waals surface area contributed by atoms with Gasteiger partial charge in [-0.3, -0.25) is 9.59 Å². The largest absolute Gasteiger partial charge is 0.481 e. The van der Waals surface area contributed by atoms with Crippen LogP contribution < -0.4 is 10.6 Å². The number of ether oxygens (including phenoxy) is 1. The SMILES string of the molecule is O=C(NCc1ccc(C(=O)NC2CCC(C(=O)O)C2)o1)OCC1c2ccccc2-c2ccccc21. The van der Waals surface area contributed by atoms with Crippen LogP contribution >= 0.6 is 0 Å². The van der Waals surface area contributed by atoms with Crippen molar-refractivity contribution in [1.82, 2.24) is 10.6 Å². The predicted octanol–water partition coefficient (Wildman–Crippen LogP) is 4.30. The first-order valence-electron chi connectivity index (χ1n) is 11.7. The minimum absolute atomic E-state index is 0.0247. The van der Waals surface area contributed by atoms with Gasteiger partial charge < -0.3 is 24.9 Å². The Morgan fingerprint density at radius 3 is 2.29 bits per heavy atom. The van der Waals surface area contributed by atoms with Crippen LogP contribution in [-0.2, 0) is 16.1 Å². The number of carboxylic acid groups (broad SMARTS) is 1. The lowest BCUT2D eigenvalue weighted by Gasteiger charge is -2.14. The van der Waals surface area contributed by atoms with Crippen molar-refractivity contribution in [2.75, 3.05) is 6.61 Å². The summed E-state index contributed by atoms with van der Waals surface area (Å²) in [5.41, 5.74) is 4.60. The normalized spacial score (nSPS) is 18.5. The average molecular weight is 475 g/mol. The third-order valence-corrected chi connectivity index (χ3v) is 6.75. The molecule has 1 aromatic heterocycles. The molecule has 0 spiro atoms. The minimum atomic E-state index is -0.832. The molecule has 35 heavy (non-hydrogen) atoms. The topological polar surface area (TPSA) is 118 Å². The van der Waals surface area contributed by atoms with Gasteiger partial charge in [-0.15, -0.1) is 0 Å². The maximum absolute atomic E-state index is 12.4. The van der Waals surface area contributed by atoms with Crippen LogP contribution in [0.1, 0.15) is 52.6 Å². The van der Waals surface area contributed by atoms with Crippen LogP contribution in [0.5, 0.6) is 0 Å². The highest BCUT2D eigenvalue weighted by atomic mass is 16.5. The third-order valence-electron chi connectivity index (χ3n) is 6.75. The van der Waals surface area contributed by atoms with E-state index in [0.717, 1.165) is 22.3 Å². The summed E-state index contributed by atoms with van der Waals surface area (Å²) in [7, 11) is 0. The molecule has 0 radical (unpaired) electrons. The lowest BCUT2D eigenvalue weighted by atomic mass is 9.98. The Bertz CT molecular complexity index is 1220. The van der Waals surface area contributed by atoms with Gasteiger partial charge in [-0.1, -0.05) is 48.5 Å². The molecule has 180 valence electrons. The first-order valence-corrected chi connectivity index (χ1v) is 11.7. The second kappa shape index (κ2) is 9.66. The van der Waals surface area contributed by atoms with E-state index in [1.54, 1.807) is 6.07 Å². The molecule has 0 saturated heterocycles. The molecular weight excluding hydrogens is 448 g/mol. The number of nitrogens with one attached hydrogen (secondary N) is 2. The molecule has 8 heteroatoms. The van der Waals surface area contributed by atoms with Crippen molar-refractivity contribution in [2.45, 2.75) is 37.8 Å². The summed E-state index contributed by atoms with van der Waals surface area (Å²) in [5, 5.41) is 14.6. The number of amides is 2. The van der Waals surface area contributed by atoms with E-state index in [-0.39, 0.29) is 30.9 Å². The number of benzene rings is 2. The number of furan rings is 1. The molecule has 1 heterocycles. The lowest BCUT2D eigenvalue weighted by Crippen LogP contribution is -2.33. The van der Waals surface area contributed by atoms with Crippen LogP contribution in [0, 0.1) is 5.92 Å². The third kappa shape index (κ3) is 4.77. The van der Waals surface area contributed by atoms with E-state index in [1.165, 1.54) is 6.07 Å². The Labute approximate surface area is 202 Å². The molecule has 8 nitrogen and oxygen atoms in total. The van der Waals surface area contributed by atoms with E-state index in [1.807, 2.05) is 24.3 Å². The molecule has 0 bridgehead atoms. The molecular formula is C27H26N2O6. The molecule has 2 aliphatic carbocycles. The highest BCUT2D eigenvalue weighted by Crippen LogP contribution is 2.44. The Hall–Kier alpha value is -4.07. The van der Waals surface area contributed by atoms with Gasteiger partial charge in [-0.05, 0) is 53.6 Å². The Morgan fingerprint density at radius 2 is 1.63 bits per heavy atom.